The molecule has 2 aromatic carbocycles. The van der Waals surface area contributed by atoms with Crippen LogP contribution in [-0.4, -0.2) is 62.8 Å². The lowest BCUT2D eigenvalue weighted by atomic mass is 9.99. The van der Waals surface area contributed by atoms with Crippen LogP contribution in [0.3, 0.4) is 0 Å². The van der Waals surface area contributed by atoms with Crippen molar-refractivity contribution < 1.29 is 44.5 Å². The zero-order valence-electron chi connectivity index (χ0n) is 16.7. The zero-order valence-corrected chi connectivity index (χ0v) is 16.7. The summed E-state index contributed by atoms with van der Waals surface area (Å²) in [6.07, 6.45) is -3.49. The number of phenolic OH excluding ortho intramolecular Hbond substituents is 1. The summed E-state index contributed by atoms with van der Waals surface area (Å²) in [5.74, 6) is 0.103. The number of phenols is 1. The minimum absolute atomic E-state index is 0.0633. The van der Waals surface area contributed by atoms with E-state index in [0.29, 0.717) is 21.7 Å². The van der Waals surface area contributed by atoms with Crippen molar-refractivity contribution in [2.75, 3.05) is 6.61 Å². The third-order valence-electron chi connectivity index (χ3n) is 5.83. The van der Waals surface area contributed by atoms with Gasteiger partial charge in [-0.1, -0.05) is 12.1 Å². The number of rotatable bonds is 3. The molecule has 32 heavy (non-hydrogen) atoms. The molecule has 1 aliphatic heterocycles. The average Bonchev–Trinajstić information content (AvgIpc) is 2.79. The highest BCUT2D eigenvalue weighted by molar-refractivity contribution is 6.02. The Morgan fingerprint density at radius 3 is 2.53 bits per heavy atom. The van der Waals surface area contributed by atoms with E-state index in [0.717, 1.165) is 5.39 Å². The van der Waals surface area contributed by atoms with Gasteiger partial charge >= 0.3 is 0 Å². The molecule has 0 unspecified atom stereocenters. The van der Waals surface area contributed by atoms with Crippen LogP contribution in [0.1, 0.15) is 0 Å². The van der Waals surface area contributed by atoms with Gasteiger partial charge in [0.2, 0.25) is 11.8 Å². The molecule has 0 amide bonds. The lowest BCUT2D eigenvalue weighted by molar-refractivity contribution is -0.512. The minimum Gasteiger partial charge on any atom is -0.868 e. The smallest absolute Gasteiger partial charge is 0.229 e. The summed E-state index contributed by atoms with van der Waals surface area (Å²) in [5, 5.41) is 64.9. The van der Waals surface area contributed by atoms with Crippen molar-refractivity contribution in [1.29, 1.82) is 0 Å². The van der Waals surface area contributed by atoms with Crippen molar-refractivity contribution >= 4 is 27.1 Å². The van der Waals surface area contributed by atoms with Crippen molar-refractivity contribution in [1.82, 2.24) is 0 Å². The highest BCUT2D eigenvalue weighted by Gasteiger charge is 2.44. The predicted octanol–water partition coefficient (Wildman–Crippen LogP) is -0.310. The summed E-state index contributed by atoms with van der Waals surface area (Å²) in [4.78, 5) is 0. The topological polar surface area (TPSA) is 147 Å². The highest BCUT2D eigenvalue weighted by atomic mass is 16.7. The molecule has 0 radical (unpaired) electrons. The molecule has 0 aliphatic carbocycles. The summed E-state index contributed by atoms with van der Waals surface area (Å²) in [7, 11) is 0. The fraction of sp³-hybridized carbons (Fsp3) is 0.261. The van der Waals surface area contributed by atoms with Gasteiger partial charge in [0.1, 0.15) is 35.9 Å². The van der Waals surface area contributed by atoms with Crippen molar-refractivity contribution in [3.63, 3.8) is 0 Å². The van der Waals surface area contributed by atoms with Crippen LogP contribution in [0.25, 0.3) is 27.1 Å². The summed E-state index contributed by atoms with van der Waals surface area (Å²) >= 11 is 0. The van der Waals surface area contributed by atoms with Gasteiger partial charge in [-0.3, -0.25) is 0 Å². The number of aliphatic hydroxyl groups is 4. The molecule has 0 saturated carbocycles. The Balaban J connectivity index is 1.56. The van der Waals surface area contributed by atoms with Crippen molar-refractivity contribution in [3.05, 3.63) is 54.9 Å². The number of aliphatic hydroxyl groups excluding tert-OH is 4. The molecule has 2 aromatic heterocycles. The molecule has 9 heteroatoms. The van der Waals surface area contributed by atoms with Gasteiger partial charge in [-0.2, -0.15) is 4.40 Å². The second kappa shape index (κ2) is 7.73. The minimum atomic E-state index is -1.55. The number of benzene rings is 2. The maximum atomic E-state index is 13.2. The largest absolute Gasteiger partial charge is 0.868 e. The number of aromatic hydroxyl groups is 1. The Labute approximate surface area is 181 Å². The summed E-state index contributed by atoms with van der Waals surface area (Å²) in [6.45, 7) is -0.561. The molecule has 1 saturated heterocycles. The van der Waals surface area contributed by atoms with Crippen molar-refractivity contribution in [3.8, 4) is 17.2 Å². The summed E-state index contributed by atoms with van der Waals surface area (Å²) in [6, 6.07) is 11.4. The molecule has 1 aliphatic rings. The van der Waals surface area contributed by atoms with Gasteiger partial charge in [-0.25, -0.2) is 0 Å². The number of ether oxygens (including phenoxy) is 2. The van der Waals surface area contributed by atoms with E-state index in [1.807, 2.05) is 6.07 Å². The number of hydrogen-bond acceptors (Lipinski definition) is 8. The molecule has 5 N–H and O–H groups in total. The number of nitrogens with zero attached hydrogens (tertiary/aromatic N) is 1. The Kier molecular flexibility index (Phi) is 5.00. The van der Waals surface area contributed by atoms with Gasteiger partial charge in [0, 0.05) is 11.5 Å². The van der Waals surface area contributed by atoms with Gasteiger partial charge in [0.05, 0.1) is 12.0 Å². The fourth-order valence-electron chi connectivity index (χ4n) is 4.12. The van der Waals surface area contributed by atoms with E-state index in [9.17, 15) is 30.6 Å². The highest BCUT2D eigenvalue weighted by Crippen LogP contribution is 2.33. The Hall–Kier alpha value is -3.21. The molecule has 0 bridgehead atoms. The maximum absolute atomic E-state index is 13.2. The van der Waals surface area contributed by atoms with Crippen molar-refractivity contribution in [2.24, 2.45) is 0 Å². The quantitative estimate of drug-likeness (QED) is 0.166. The number of hydrogen-bond donors (Lipinski definition) is 5. The number of aromatic nitrogens is 1. The van der Waals surface area contributed by atoms with Crippen LogP contribution in [-0.2, 0) is 4.74 Å². The fourth-order valence-corrected chi connectivity index (χ4v) is 4.12. The monoisotopic (exact) mass is 439 g/mol. The van der Waals surface area contributed by atoms with Crippen LogP contribution >= 0.6 is 0 Å². The molecule has 9 nitrogen and oxygen atoms in total. The van der Waals surface area contributed by atoms with E-state index in [1.165, 1.54) is 6.07 Å². The van der Waals surface area contributed by atoms with Gasteiger partial charge < -0.3 is 40.1 Å². The van der Waals surface area contributed by atoms with Gasteiger partial charge in [0.25, 0.3) is 0 Å². The Bertz CT molecular complexity index is 1320. The van der Waals surface area contributed by atoms with E-state index < -0.39 is 37.3 Å². The lowest BCUT2D eigenvalue weighted by Gasteiger charge is -2.39. The first-order valence-corrected chi connectivity index (χ1v) is 10.0. The van der Waals surface area contributed by atoms with E-state index in [2.05, 4.69) is 0 Å². The van der Waals surface area contributed by atoms with Crippen LogP contribution in [0, 0.1) is 0 Å². The standard InChI is InChI=1S/C23H21NO8/c25-10-17-20(28)21(29)22(30)23(32-17)31-14-3-4-15-12(7-14)9-24-6-5-11-1-2-13(26)8-16(11)18(24)19(15)27/h1-9,17,20-23,25,28-30H,10H2,(H-,26,27)/t17-,20-,21+,22-,23-/m1/s1. The van der Waals surface area contributed by atoms with Gasteiger partial charge in [-0.05, 0) is 40.8 Å². The normalized spacial score (nSPS) is 26.1. The predicted molar refractivity (Wildman–Crippen MR) is 110 cm³/mol. The SMILES string of the molecule is [O-]c1c2ccc(O[C@@H]3O[C@H](CO)[C@@H](O)[C@H](O)[C@H]3O)cc2c[n+]2ccc3ccc(O)cc3c12. The molecular weight excluding hydrogens is 418 g/mol. The summed E-state index contributed by atoms with van der Waals surface area (Å²) < 4.78 is 12.7. The Morgan fingerprint density at radius 2 is 1.75 bits per heavy atom. The number of pyridine rings is 2. The van der Waals surface area contributed by atoms with Crippen molar-refractivity contribution in [2.45, 2.75) is 30.7 Å². The van der Waals surface area contributed by atoms with Crippen LogP contribution in [0.15, 0.2) is 54.9 Å². The molecule has 4 aromatic rings. The van der Waals surface area contributed by atoms with E-state index in [1.54, 1.807) is 47.1 Å². The van der Waals surface area contributed by atoms with Crippen LogP contribution in [0.4, 0.5) is 0 Å². The molecular formula is C23H21NO8. The lowest BCUT2D eigenvalue weighted by Crippen LogP contribution is -2.60. The first-order chi connectivity index (χ1) is 15.4. The Morgan fingerprint density at radius 1 is 0.938 bits per heavy atom. The molecule has 166 valence electrons. The zero-order chi connectivity index (χ0) is 22.6. The molecule has 5 atom stereocenters. The molecule has 1 fully saturated rings. The second-order valence-electron chi connectivity index (χ2n) is 7.87. The molecule has 0 spiro atoms. The third-order valence-corrected chi connectivity index (χ3v) is 5.83. The van der Waals surface area contributed by atoms with Gasteiger partial charge in [-0.15, -0.1) is 0 Å². The maximum Gasteiger partial charge on any atom is 0.229 e. The van der Waals surface area contributed by atoms with E-state index >= 15 is 0 Å². The van der Waals surface area contributed by atoms with Crippen LogP contribution < -0.4 is 14.2 Å². The third kappa shape index (κ3) is 3.27. The van der Waals surface area contributed by atoms with Crippen LogP contribution in [0.5, 0.6) is 17.2 Å². The first kappa shape index (κ1) is 20.7. The molecule has 5 rings (SSSR count). The van der Waals surface area contributed by atoms with E-state index in [4.69, 9.17) is 9.47 Å². The number of fused-ring (bicyclic) bond motifs is 4. The first-order valence-electron chi connectivity index (χ1n) is 10.0. The van der Waals surface area contributed by atoms with Gasteiger partial charge in [0.15, 0.2) is 12.4 Å². The van der Waals surface area contributed by atoms with E-state index in [-0.39, 0.29) is 17.2 Å². The second-order valence-corrected chi connectivity index (χ2v) is 7.87. The van der Waals surface area contributed by atoms with Crippen LogP contribution in [0.2, 0.25) is 0 Å². The average molecular weight is 439 g/mol. The molecule has 3 heterocycles. The summed E-state index contributed by atoms with van der Waals surface area (Å²) in [5.41, 5.74) is 0.425.